The Labute approximate surface area is 114 Å². The Balaban J connectivity index is 1.50. The number of aromatic nitrogens is 1. The van der Waals surface area contributed by atoms with E-state index in [4.69, 9.17) is 10.5 Å². The van der Waals surface area contributed by atoms with Crippen LogP contribution in [0.3, 0.4) is 0 Å². The van der Waals surface area contributed by atoms with Crippen molar-refractivity contribution < 1.29 is 4.74 Å². The third-order valence-electron chi connectivity index (χ3n) is 3.95. The molecular formula is C14H22N4O. The molecule has 0 aromatic carbocycles. The lowest BCUT2D eigenvalue weighted by atomic mass is 10.2. The van der Waals surface area contributed by atoms with Gasteiger partial charge in [0.2, 0.25) is 0 Å². The zero-order valence-corrected chi connectivity index (χ0v) is 11.3. The van der Waals surface area contributed by atoms with Crippen LogP contribution < -0.4 is 10.6 Å². The highest BCUT2D eigenvalue weighted by atomic mass is 16.5. The summed E-state index contributed by atoms with van der Waals surface area (Å²) in [7, 11) is 0. The van der Waals surface area contributed by atoms with Crippen LogP contribution in [-0.4, -0.2) is 55.3 Å². The van der Waals surface area contributed by atoms with Crippen LogP contribution in [0.4, 0.5) is 11.5 Å². The first-order valence-corrected chi connectivity index (χ1v) is 7.12. The lowest BCUT2D eigenvalue weighted by molar-refractivity contribution is 0.0712. The summed E-state index contributed by atoms with van der Waals surface area (Å²) in [4.78, 5) is 9.22. The standard InChI is InChI=1S/C14H22N4O/c15-12-3-4-14(16-10-12)18-7-5-17(6-8-18)11-13-2-1-9-19-13/h3-4,10,13H,1-2,5-9,11,15H2. The monoisotopic (exact) mass is 262 g/mol. The Bertz CT molecular complexity index is 394. The second-order valence-corrected chi connectivity index (χ2v) is 5.37. The highest BCUT2D eigenvalue weighted by Gasteiger charge is 2.23. The van der Waals surface area contributed by atoms with Crippen LogP contribution in [0.25, 0.3) is 0 Å². The molecule has 0 radical (unpaired) electrons. The largest absolute Gasteiger partial charge is 0.397 e. The molecule has 3 rings (SSSR count). The van der Waals surface area contributed by atoms with Gasteiger partial charge in [-0.25, -0.2) is 4.98 Å². The summed E-state index contributed by atoms with van der Waals surface area (Å²) in [6.45, 7) is 6.27. The number of piperazine rings is 1. The Morgan fingerprint density at radius 1 is 1.26 bits per heavy atom. The van der Waals surface area contributed by atoms with Crippen molar-refractivity contribution in [2.75, 3.05) is 50.0 Å². The first kappa shape index (κ1) is 12.7. The van der Waals surface area contributed by atoms with Crippen LogP contribution in [-0.2, 0) is 4.74 Å². The van der Waals surface area contributed by atoms with Crippen molar-refractivity contribution in [1.29, 1.82) is 0 Å². The minimum absolute atomic E-state index is 0.459. The summed E-state index contributed by atoms with van der Waals surface area (Å²) in [5.41, 5.74) is 6.39. The number of hydrogen-bond acceptors (Lipinski definition) is 5. The maximum Gasteiger partial charge on any atom is 0.128 e. The van der Waals surface area contributed by atoms with Crippen molar-refractivity contribution >= 4 is 11.5 Å². The third-order valence-corrected chi connectivity index (χ3v) is 3.95. The van der Waals surface area contributed by atoms with Crippen LogP contribution in [0.5, 0.6) is 0 Å². The van der Waals surface area contributed by atoms with Gasteiger partial charge in [-0.1, -0.05) is 0 Å². The first-order chi connectivity index (χ1) is 9.31. The van der Waals surface area contributed by atoms with E-state index in [-0.39, 0.29) is 0 Å². The van der Waals surface area contributed by atoms with Gasteiger partial charge in [-0.15, -0.1) is 0 Å². The zero-order chi connectivity index (χ0) is 13.1. The summed E-state index contributed by atoms with van der Waals surface area (Å²) in [6, 6.07) is 3.92. The van der Waals surface area contributed by atoms with E-state index in [0.29, 0.717) is 6.10 Å². The van der Waals surface area contributed by atoms with Gasteiger partial charge in [-0.2, -0.15) is 0 Å². The Morgan fingerprint density at radius 2 is 2.11 bits per heavy atom. The van der Waals surface area contributed by atoms with Crippen LogP contribution in [0.15, 0.2) is 18.3 Å². The maximum atomic E-state index is 5.70. The van der Waals surface area contributed by atoms with Crippen molar-refractivity contribution in [3.05, 3.63) is 18.3 Å². The molecule has 0 bridgehead atoms. The number of ether oxygens (including phenoxy) is 1. The number of nitrogens with zero attached hydrogens (tertiary/aromatic N) is 3. The lowest BCUT2D eigenvalue weighted by Crippen LogP contribution is -2.48. The molecule has 0 spiro atoms. The van der Waals surface area contributed by atoms with E-state index in [0.717, 1.165) is 50.8 Å². The summed E-state index contributed by atoms with van der Waals surface area (Å²) < 4.78 is 5.70. The van der Waals surface area contributed by atoms with E-state index < -0.39 is 0 Å². The molecule has 2 fully saturated rings. The molecule has 5 nitrogen and oxygen atoms in total. The Kier molecular flexibility index (Phi) is 3.84. The lowest BCUT2D eigenvalue weighted by Gasteiger charge is -2.36. The average molecular weight is 262 g/mol. The van der Waals surface area contributed by atoms with E-state index in [1.54, 1.807) is 6.20 Å². The maximum absolute atomic E-state index is 5.70. The molecule has 1 unspecified atom stereocenters. The Hall–Kier alpha value is -1.33. The fourth-order valence-corrected chi connectivity index (χ4v) is 2.82. The topological polar surface area (TPSA) is 54.6 Å². The second kappa shape index (κ2) is 5.75. The van der Waals surface area contributed by atoms with Crippen molar-refractivity contribution in [2.45, 2.75) is 18.9 Å². The van der Waals surface area contributed by atoms with Crippen molar-refractivity contribution in [3.8, 4) is 0 Å². The average Bonchev–Trinajstić information content (AvgIpc) is 2.94. The normalized spacial score (nSPS) is 24.8. The molecule has 3 heterocycles. The highest BCUT2D eigenvalue weighted by molar-refractivity contribution is 5.46. The molecule has 2 saturated heterocycles. The van der Waals surface area contributed by atoms with E-state index in [1.807, 2.05) is 12.1 Å². The van der Waals surface area contributed by atoms with E-state index in [2.05, 4.69) is 14.8 Å². The van der Waals surface area contributed by atoms with Gasteiger partial charge in [0.1, 0.15) is 5.82 Å². The summed E-state index contributed by atoms with van der Waals surface area (Å²) in [5.74, 6) is 1.03. The zero-order valence-electron chi connectivity index (χ0n) is 11.3. The molecule has 0 saturated carbocycles. The second-order valence-electron chi connectivity index (χ2n) is 5.37. The van der Waals surface area contributed by atoms with Gasteiger partial charge in [0.15, 0.2) is 0 Å². The molecule has 1 aromatic heterocycles. The van der Waals surface area contributed by atoms with Crippen LogP contribution in [0.1, 0.15) is 12.8 Å². The molecule has 5 heteroatoms. The highest BCUT2D eigenvalue weighted by Crippen LogP contribution is 2.17. The number of pyridine rings is 1. The van der Waals surface area contributed by atoms with Gasteiger partial charge in [0.05, 0.1) is 18.0 Å². The number of nitrogen functional groups attached to an aromatic ring is 1. The molecule has 104 valence electrons. The number of hydrogen-bond donors (Lipinski definition) is 1. The third kappa shape index (κ3) is 3.16. The summed E-state index contributed by atoms with van der Waals surface area (Å²) in [6.07, 6.45) is 4.63. The molecule has 1 aromatic rings. The van der Waals surface area contributed by atoms with Crippen molar-refractivity contribution in [3.63, 3.8) is 0 Å². The number of rotatable bonds is 3. The fraction of sp³-hybridized carbons (Fsp3) is 0.643. The molecule has 0 amide bonds. The molecule has 1 atom stereocenters. The van der Waals surface area contributed by atoms with Gasteiger partial charge in [-0.05, 0) is 25.0 Å². The molecule has 0 aliphatic carbocycles. The molecular weight excluding hydrogens is 240 g/mol. The smallest absolute Gasteiger partial charge is 0.128 e. The van der Waals surface area contributed by atoms with Crippen molar-refractivity contribution in [1.82, 2.24) is 9.88 Å². The number of anilines is 2. The molecule has 2 aliphatic rings. The fourth-order valence-electron chi connectivity index (χ4n) is 2.82. The van der Waals surface area contributed by atoms with Crippen LogP contribution in [0.2, 0.25) is 0 Å². The van der Waals surface area contributed by atoms with Gasteiger partial charge in [0, 0.05) is 39.3 Å². The van der Waals surface area contributed by atoms with Gasteiger partial charge in [0.25, 0.3) is 0 Å². The quantitative estimate of drug-likeness (QED) is 0.879. The van der Waals surface area contributed by atoms with Gasteiger partial charge < -0.3 is 15.4 Å². The first-order valence-electron chi connectivity index (χ1n) is 7.12. The SMILES string of the molecule is Nc1ccc(N2CCN(CC3CCCO3)CC2)nc1. The predicted octanol–water partition coefficient (Wildman–Crippen LogP) is 0.965. The van der Waals surface area contributed by atoms with E-state index in [1.165, 1.54) is 12.8 Å². The molecule has 2 N–H and O–H groups in total. The summed E-state index contributed by atoms with van der Waals surface area (Å²) >= 11 is 0. The Morgan fingerprint density at radius 3 is 2.74 bits per heavy atom. The van der Waals surface area contributed by atoms with Gasteiger partial charge in [-0.3, -0.25) is 4.90 Å². The number of nitrogens with two attached hydrogens (primary N) is 1. The minimum atomic E-state index is 0.459. The van der Waals surface area contributed by atoms with Gasteiger partial charge >= 0.3 is 0 Å². The van der Waals surface area contributed by atoms with E-state index >= 15 is 0 Å². The van der Waals surface area contributed by atoms with Crippen LogP contribution >= 0.6 is 0 Å². The predicted molar refractivity (Wildman–Crippen MR) is 76.3 cm³/mol. The summed E-state index contributed by atoms with van der Waals surface area (Å²) in [5, 5.41) is 0. The minimum Gasteiger partial charge on any atom is -0.397 e. The van der Waals surface area contributed by atoms with Crippen LogP contribution in [0, 0.1) is 0 Å². The molecule has 2 aliphatic heterocycles. The van der Waals surface area contributed by atoms with E-state index in [9.17, 15) is 0 Å². The van der Waals surface area contributed by atoms with Crippen molar-refractivity contribution in [2.24, 2.45) is 0 Å². The molecule has 19 heavy (non-hydrogen) atoms.